The van der Waals surface area contributed by atoms with Crippen molar-refractivity contribution in [1.82, 2.24) is 10.6 Å². The smallest absolute Gasteiger partial charge is 0.315 e. The third-order valence-corrected chi connectivity index (χ3v) is 2.56. The van der Waals surface area contributed by atoms with Gasteiger partial charge in [0.05, 0.1) is 12.8 Å². The van der Waals surface area contributed by atoms with Gasteiger partial charge in [0.2, 0.25) is 0 Å². The first kappa shape index (κ1) is 14.2. The third kappa shape index (κ3) is 4.53. The monoisotopic (exact) mass is 251 g/mol. The molecule has 0 heterocycles. The summed E-state index contributed by atoms with van der Waals surface area (Å²) in [7, 11) is 1.57. The molecule has 0 atom stereocenters. The molecule has 5 nitrogen and oxygen atoms in total. The number of rotatable bonds is 6. The van der Waals surface area contributed by atoms with E-state index in [0.717, 1.165) is 18.4 Å². The number of carbonyl (C=O) groups excluding carboxylic acids is 1. The fourth-order valence-corrected chi connectivity index (χ4v) is 1.52. The second-order valence-corrected chi connectivity index (χ2v) is 4.04. The van der Waals surface area contributed by atoms with Crippen LogP contribution in [0.3, 0.4) is 0 Å². The lowest BCUT2D eigenvalue weighted by Crippen LogP contribution is -2.35. The van der Waals surface area contributed by atoms with Crippen LogP contribution in [0.1, 0.15) is 25.3 Å². The highest BCUT2D eigenvalue weighted by Gasteiger charge is 2.02. The quantitative estimate of drug-likeness (QED) is 0.533. The Morgan fingerprint density at radius 3 is 2.78 bits per heavy atom. The Morgan fingerprint density at radius 2 is 2.17 bits per heavy atom. The molecule has 0 spiro atoms. The molecule has 100 valence electrons. The summed E-state index contributed by atoms with van der Waals surface area (Å²) in [6.07, 6.45) is 2.05. The summed E-state index contributed by atoms with van der Waals surface area (Å²) in [5, 5.41) is 5.56. The van der Waals surface area contributed by atoms with Gasteiger partial charge in [0.15, 0.2) is 0 Å². The van der Waals surface area contributed by atoms with Crippen molar-refractivity contribution in [3.8, 4) is 5.75 Å². The van der Waals surface area contributed by atoms with Crippen LogP contribution in [-0.2, 0) is 6.54 Å². The highest BCUT2D eigenvalue weighted by atomic mass is 16.5. The standard InChI is InChI=1S/C13H21N3O2/c1-3-4-7-15-13(17)16-9-10-5-6-12(18-2)11(14)8-10/h5-6,8H,3-4,7,9,14H2,1-2H3,(H2,15,16,17). The van der Waals surface area contributed by atoms with Gasteiger partial charge < -0.3 is 21.1 Å². The van der Waals surface area contributed by atoms with Gasteiger partial charge in [0.25, 0.3) is 0 Å². The minimum atomic E-state index is -0.155. The van der Waals surface area contributed by atoms with Crippen molar-refractivity contribution in [3.63, 3.8) is 0 Å². The number of unbranched alkanes of at least 4 members (excludes halogenated alkanes) is 1. The van der Waals surface area contributed by atoms with Crippen molar-refractivity contribution < 1.29 is 9.53 Å². The predicted molar refractivity (Wildman–Crippen MR) is 72.6 cm³/mol. The molecule has 0 unspecified atom stereocenters. The number of hydrogen-bond acceptors (Lipinski definition) is 3. The highest BCUT2D eigenvalue weighted by Crippen LogP contribution is 2.21. The van der Waals surface area contributed by atoms with Crippen LogP contribution in [0.25, 0.3) is 0 Å². The van der Waals surface area contributed by atoms with E-state index in [1.54, 1.807) is 19.2 Å². The summed E-state index contributed by atoms with van der Waals surface area (Å²) < 4.78 is 5.07. The van der Waals surface area contributed by atoms with E-state index < -0.39 is 0 Å². The highest BCUT2D eigenvalue weighted by molar-refractivity contribution is 5.73. The molecular weight excluding hydrogens is 230 g/mol. The van der Waals surface area contributed by atoms with Gasteiger partial charge in [0.1, 0.15) is 5.75 Å². The zero-order valence-corrected chi connectivity index (χ0v) is 11.0. The van der Waals surface area contributed by atoms with Gasteiger partial charge in [-0.2, -0.15) is 0 Å². The number of benzene rings is 1. The van der Waals surface area contributed by atoms with Gasteiger partial charge in [-0.15, -0.1) is 0 Å². The number of urea groups is 1. The Balaban J connectivity index is 2.39. The molecule has 0 bridgehead atoms. The first-order valence-electron chi connectivity index (χ1n) is 6.11. The van der Waals surface area contributed by atoms with E-state index in [9.17, 15) is 4.79 Å². The Bertz CT molecular complexity index is 394. The molecule has 4 N–H and O–H groups in total. The average molecular weight is 251 g/mol. The average Bonchev–Trinajstić information content (AvgIpc) is 2.37. The maximum absolute atomic E-state index is 11.4. The van der Waals surface area contributed by atoms with E-state index in [-0.39, 0.29) is 6.03 Å². The Hall–Kier alpha value is -1.91. The van der Waals surface area contributed by atoms with E-state index in [1.165, 1.54) is 0 Å². The van der Waals surface area contributed by atoms with Gasteiger partial charge in [-0.05, 0) is 24.1 Å². The maximum atomic E-state index is 11.4. The maximum Gasteiger partial charge on any atom is 0.315 e. The Morgan fingerprint density at radius 1 is 1.39 bits per heavy atom. The number of ether oxygens (including phenoxy) is 1. The van der Waals surface area contributed by atoms with Crippen molar-refractivity contribution >= 4 is 11.7 Å². The largest absolute Gasteiger partial charge is 0.495 e. The van der Waals surface area contributed by atoms with Crippen molar-refractivity contribution in [3.05, 3.63) is 23.8 Å². The molecule has 2 amide bonds. The van der Waals surface area contributed by atoms with Crippen LogP contribution in [0.2, 0.25) is 0 Å². The number of methoxy groups -OCH3 is 1. The fourth-order valence-electron chi connectivity index (χ4n) is 1.52. The van der Waals surface area contributed by atoms with Crippen molar-refractivity contribution in [1.29, 1.82) is 0 Å². The summed E-state index contributed by atoms with van der Waals surface area (Å²) in [6.45, 7) is 3.24. The van der Waals surface area contributed by atoms with Gasteiger partial charge in [-0.25, -0.2) is 4.79 Å². The SMILES string of the molecule is CCCCNC(=O)NCc1ccc(OC)c(N)c1. The minimum Gasteiger partial charge on any atom is -0.495 e. The van der Waals surface area contributed by atoms with Gasteiger partial charge in [-0.1, -0.05) is 19.4 Å². The Kier molecular flexibility index (Phi) is 5.84. The molecule has 0 aliphatic rings. The fraction of sp³-hybridized carbons (Fsp3) is 0.462. The minimum absolute atomic E-state index is 0.155. The molecule has 0 saturated carbocycles. The second kappa shape index (κ2) is 7.42. The first-order valence-corrected chi connectivity index (χ1v) is 6.11. The molecule has 0 radical (unpaired) electrons. The molecule has 0 saturated heterocycles. The molecule has 0 aliphatic heterocycles. The zero-order valence-electron chi connectivity index (χ0n) is 11.0. The number of hydrogen-bond donors (Lipinski definition) is 3. The molecule has 0 aliphatic carbocycles. The lowest BCUT2D eigenvalue weighted by molar-refractivity contribution is 0.240. The van der Waals surface area contributed by atoms with E-state index in [1.807, 2.05) is 6.07 Å². The number of nitrogens with two attached hydrogens (primary N) is 1. The molecule has 5 heteroatoms. The van der Waals surface area contributed by atoms with Crippen LogP contribution in [0.15, 0.2) is 18.2 Å². The number of carbonyl (C=O) groups is 1. The van der Waals surface area contributed by atoms with Gasteiger partial charge >= 0.3 is 6.03 Å². The predicted octanol–water partition coefficient (Wildman–Crippen LogP) is 1.88. The van der Waals surface area contributed by atoms with Crippen LogP contribution in [0.4, 0.5) is 10.5 Å². The van der Waals surface area contributed by atoms with Crippen molar-refractivity contribution in [2.24, 2.45) is 0 Å². The van der Waals surface area contributed by atoms with Crippen molar-refractivity contribution in [2.45, 2.75) is 26.3 Å². The van der Waals surface area contributed by atoms with E-state index in [4.69, 9.17) is 10.5 Å². The summed E-state index contributed by atoms with van der Waals surface area (Å²) in [4.78, 5) is 11.4. The van der Waals surface area contributed by atoms with Crippen molar-refractivity contribution in [2.75, 3.05) is 19.4 Å². The molecular formula is C13H21N3O2. The van der Waals surface area contributed by atoms with Crippen LogP contribution in [0, 0.1) is 0 Å². The molecule has 1 aromatic rings. The number of anilines is 1. The number of nitrogen functional groups attached to an aromatic ring is 1. The summed E-state index contributed by atoms with van der Waals surface area (Å²) in [6, 6.07) is 5.31. The number of nitrogens with one attached hydrogen (secondary N) is 2. The zero-order chi connectivity index (χ0) is 13.4. The first-order chi connectivity index (χ1) is 8.67. The Labute approximate surface area is 108 Å². The molecule has 1 rings (SSSR count). The molecule has 0 aromatic heterocycles. The summed E-state index contributed by atoms with van der Waals surface area (Å²) in [5.74, 6) is 0.645. The van der Waals surface area contributed by atoms with Crippen LogP contribution < -0.4 is 21.1 Å². The van der Waals surface area contributed by atoms with Gasteiger partial charge in [0, 0.05) is 13.1 Å². The van der Waals surface area contributed by atoms with E-state index in [2.05, 4.69) is 17.6 Å². The van der Waals surface area contributed by atoms with Crippen LogP contribution in [-0.4, -0.2) is 19.7 Å². The van der Waals surface area contributed by atoms with E-state index in [0.29, 0.717) is 24.5 Å². The van der Waals surface area contributed by atoms with E-state index >= 15 is 0 Å². The summed E-state index contributed by atoms with van der Waals surface area (Å²) >= 11 is 0. The van der Waals surface area contributed by atoms with Crippen LogP contribution >= 0.6 is 0 Å². The third-order valence-electron chi connectivity index (χ3n) is 2.56. The second-order valence-electron chi connectivity index (χ2n) is 4.04. The lowest BCUT2D eigenvalue weighted by Gasteiger charge is -2.09. The normalized spacial score (nSPS) is 9.89. The molecule has 1 aromatic carbocycles. The molecule has 0 fully saturated rings. The summed E-state index contributed by atoms with van der Waals surface area (Å²) in [5.41, 5.74) is 7.30. The topological polar surface area (TPSA) is 76.4 Å². The molecule has 18 heavy (non-hydrogen) atoms. The number of amides is 2. The van der Waals surface area contributed by atoms with Gasteiger partial charge in [-0.3, -0.25) is 0 Å². The lowest BCUT2D eigenvalue weighted by atomic mass is 10.2. The van der Waals surface area contributed by atoms with Crippen LogP contribution in [0.5, 0.6) is 5.75 Å².